The van der Waals surface area contributed by atoms with E-state index in [1.54, 1.807) is 30.7 Å². The van der Waals surface area contributed by atoms with E-state index in [0.29, 0.717) is 17.2 Å². The van der Waals surface area contributed by atoms with Gasteiger partial charge in [-0.1, -0.05) is 24.3 Å². The number of carbonyl (C=O) groups is 1. The third kappa shape index (κ3) is 4.30. The van der Waals surface area contributed by atoms with Crippen LogP contribution in [0.1, 0.15) is 55.2 Å². The maximum atomic E-state index is 14.6. The van der Waals surface area contributed by atoms with Gasteiger partial charge in [0.15, 0.2) is 0 Å². The lowest BCUT2D eigenvalue weighted by Crippen LogP contribution is -2.24. The van der Waals surface area contributed by atoms with Crippen LogP contribution < -0.4 is 9.86 Å². The number of carbonyl (C=O) groups excluding carboxylic acids is 1. The van der Waals surface area contributed by atoms with E-state index in [0.717, 1.165) is 42.5 Å². The van der Waals surface area contributed by atoms with Gasteiger partial charge >= 0.3 is 0 Å². The quantitative estimate of drug-likeness (QED) is 0.567. The summed E-state index contributed by atoms with van der Waals surface area (Å²) in [5.41, 5.74) is 3.80. The standard InChI is InChI=1S/C24H25FN4O3S/c25-20-3-1-2-19-22-13-27-14-29(22)21(24(19)20)12-23(30)17-6-4-15(5-7-17)16-8-10-18(11-9-16)28-33(26,31)32/h1-3,8-11,13-15,17,21,28H,4-7,12H2,(H2,26,31,32). The van der Waals surface area contributed by atoms with Gasteiger partial charge in [-0.15, -0.1) is 0 Å². The van der Waals surface area contributed by atoms with Gasteiger partial charge in [-0.05, 0) is 55.4 Å². The minimum absolute atomic E-state index is 0.0348. The minimum Gasteiger partial charge on any atom is -0.322 e. The smallest absolute Gasteiger partial charge is 0.296 e. The molecule has 3 aromatic rings. The topological polar surface area (TPSA) is 107 Å². The van der Waals surface area contributed by atoms with Crippen LogP contribution in [0, 0.1) is 11.7 Å². The van der Waals surface area contributed by atoms with Gasteiger partial charge in [0.25, 0.3) is 10.2 Å². The number of fused-ring (bicyclic) bond motifs is 3. The number of rotatable bonds is 6. The minimum atomic E-state index is -3.79. The Hall–Kier alpha value is -3.04. The molecule has 1 saturated carbocycles. The molecule has 1 aliphatic heterocycles. The van der Waals surface area contributed by atoms with Crippen molar-refractivity contribution in [3.05, 3.63) is 71.9 Å². The molecule has 3 N–H and O–H groups in total. The third-order valence-electron chi connectivity index (χ3n) is 6.88. The van der Waals surface area contributed by atoms with E-state index in [-0.39, 0.29) is 30.0 Å². The summed E-state index contributed by atoms with van der Waals surface area (Å²) in [4.78, 5) is 17.4. The predicted molar refractivity (Wildman–Crippen MR) is 123 cm³/mol. The number of aromatic nitrogens is 2. The number of ketones is 1. The number of nitrogens with one attached hydrogen (secondary N) is 1. The van der Waals surface area contributed by atoms with E-state index in [9.17, 15) is 17.6 Å². The van der Waals surface area contributed by atoms with Crippen LogP contribution in [0.25, 0.3) is 11.3 Å². The number of nitrogens with two attached hydrogens (primary N) is 1. The van der Waals surface area contributed by atoms with Gasteiger partial charge in [-0.2, -0.15) is 8.42 Å². The fourth-order valence-electron chi connectivity index (χ4n) is 5.29. The Morgan fingerprint density at radius 3 is 2.55 bits per heavy atom. The highest BCUT2D eigenvalue weighted by Gasteiger charge is 2.35. The molecule has 1 aromatic heterocycles. The summed E-state index contributed by atoms with van der Waals surface area (Å²) in [7, 11) is -3.79. The molecule has 5 rings (SSSR count). The van der Waals surface area contributed by atoms with Crippen LogP contribution in [-0.2, 0) is 15.0 Å². The summed E-state index contributed by atoms with van der Waals surface area (Å²) in [5.74, 6) is 0.176. The van der Waals surface area contributed by atoms with Gasteiger partial charge in [-0.3, -0.25) is 9.52 Å². The van der Waals surface area contributed by atoms with Gasteiger partial charge in [0.05, 0.1) is 24.3 Å². The van der Waals surface area contributed by atoms with Crippen molar-refractivity contribution >= 4 is 21.7 Å². The predicted octanol–water partition coefficient (Wildman–Crippen LogP) is 4.14. The van der Waals surface area contributed by atoms with Gasteiger partial charge in [0.2, 0.25) is 0 Å². The third-order valence-corrected chi connectivity index (χ3v) is 7.40. The summed E-state index contributed by atoms with van der Waals surface area (Å²) < 4.78 is 41.1. The van der Waals surface area contributed by atoms with Crippen LogP contribution in [0.5, 0.6) is 0 Å². The summed E-state index contributed by atoms with van der Waals surface area (Å²) in [6.45, 7) is 0. The first-order valence-corrected chi connectivity index (χ1v) is 12.6. The van der Waals surface area contributed by atoms with E-state index in [2.05, 4.69) is 9.71 Å². The van der Waals surface area contributed by atoms with E-state index in [1.165, 1.54) is 6.07 Å². The van der Waals surface area contributed by atoms with Crippen molar-refractivity contribution in [1.29, 1.82) is 0 Å². The molecular formula is C24H25FN4O3S. The fraction of sp³-hybridized carbons (Fsp3) is 0.333. The van der Waals surface area contributed by atoms with Crippen molar-refractivity contribution in [2.75, 3.05) is 4.72 Å². The zero-order valence-corrected chi connectivity index (χ0v) is 18.8. The first-order chi connectivity index (χ1) is 15.8. The lowest BCUT2D eigenvalue weighted by Gasteiger charge is -2.29. The Balaban J connectivity index is 1.23. The Morgan fingerprint density at radius 1 is 1.12 bits per heavy atom. The first kappa shape index (κ1) is 21.8. The van der Waals surface area contributed by atoms with Crippen LogP contribution >= 0.6 is 0 Å². The number of nitrogens with zero attached hydrogens (tertiary/aromatic N) is 2. The van der Waals surface area contributed by atoms with Gasteiger partial charge < -0.3 is 4.57 Å². The molecule has 33 heavy (non-hydrogen) atoms. The second-order valence-corrected chi connectivity index (χ2v) is 10.2. The molecule has 9 heteroatoms. The largest absolute Gasteiger partial charge is 0.322 e. The van der Waals surface area contributed by atoms with Crippen molar-refractivity contribution in [1.82, 2.24) is 9.55 Å². The molecule has 0 amide bonds. The fourth-order valence-corrected chi connectivity index (χ4v) is 5.76. The molecule has 1 aliphatic carbocycles. The molecule has 1 atom stereocenters. The second-order valence-electron chi connectivity index (χ2n) is 8.89. The van der Waals surface area contributed by atoms with Crippen LogP contribution in [0.2, 0.25) is 0 Å². The van der Waals surface area contributed by atoms with Crippen molar-refractivity contribution in [2.24, 2.45) is 11.1 Å². The van der Waals surface area contributed by atoms with Crippen LogP contribution in [0.15, 0.2) is 55.0 Å². The van der Waals surface area contributed by atoms with Crippen LogP contribution in [0.4, 0.5) is 10.1 Å². The van der Waals surface area contributed by atoms with Crippen molar-refractivity contribution < 1.29 is 17.6 Å². The molecule has 0 spiro atoms. The monoisotopic (exact) mass is 468 g/mol. The van der Waals surface area contributed by atoms with Gasteiger partial charge in [0, 0.05) is 29.2 Å². The summed E-state index contributed by atoms with van der Waals surface area (Å²) in [6, 6.07) is 11.9. The molecule has 2 aromatic carbocycles. The van der Waals surface area contributed by atoms with E-state index in [4.69, 9.17) is 5.14 Å². The average Bonchev–Trinajstić information content (AvgIpc) is 3.37. The molecule has 2 heterocycles. The molecule has 0 bridgehead atoms. The Morgan fingerprint density at radius 2 is 1.85 bits per heavy atom. The van der Waals surface area contributed by atoms with Crippen molar-refractivity contribution in [3.63, 3.8) is 0 Å². The molecule has 2 aliphatic rings. The molecular weight excluding hydrogens is 443 g/mol. The van der Waals surface area contributed by atoms with Crippen LogP contribution in [-0.4, -0.2) is 23.8 Å². The summed E-state index contributed by atoms with van der Waals surface area (Å²) in [5, 5.41) is 5.01. The highest BCUT2D eigenvalue weighted by molar-refractivity contribution is 7.90. The summed E-state index contributed by atoms with van der Waals surface area (Å²) in [6.07, 6.45) is 6.99. The van der Waals surface area contributed by atoms with Crippen molar-refractivity contribution in [2.45, 2.75) is 44.1 Å². The highest BCUT2D eigenvalue weighted by atomic mass is 32.2. The maximum Gasteiger partial charge on any atom is 0.296 e. The zero-order chi connectivity index (χ0) is 23.2. The number of benzene rings is 2. The van der Waals surface area contributed by atoms with Gasteiger partial charge in [-0.25, -0.2) is 14.5 Å². The lowest BCUT2D eigenvalue weighted by molar-refractivity contribution is -0.124. The first-order valence-electron chi connectivity index (χ1n) is 11.0. The van der Waals surface area contributed by atoms with E-state index >= 15 is 0 Å². The number of imidazole rings is 1. The normalized spacial score (nSPS) is 21.9. The Bertz CT molecular complexity index is 1300. The van der Waals surface area contributed by atoms with E-state index in [1.807, 2.05) is 22.8 Å². The number of hydrogen-bond donors (Lipinski definition) is 2. The van der Waals surface area contributed by atoms with Crippen molar-refractivity contribution in [3.8, 4) is 11.3 Å². The molecule has 0 saturated heterocycles. The molecule has 172 valence electrons. The Kier molecular flexibility index (Phi) is 5.54. The van der Waals surface area contributed by atoms with E-state index < -0.39 is 10.2 Å². The number of halogens is 1. The average molecular weight is 469 g/mol. The Labute approximate surface area is 192 Å². The number of Topliss-reactive ketones (excluding diaryl/α,β-unsaturated/α-hetero) is 1. The molecule has 0 radical (unpaired) electrons. The summed E-state index contributed by atoms with van der Waals surface area (Å²) >= 11 is 0. The SMILES string of the molecule is NS(=O)(=O)Nc1ccc(C2CCC(C(=O)CC3c4c(F)cccc4-c4cncn43)CC2)cc1. The second kappa shape index (κ2) is 8.39. The molecule has 1 unspecified atom stereocenters. The number of anilines is 1. The highest BCUT2D eigenvalue weighted by Crippen LogP contribution is 2.44. The molecule has 1 fully saturated rings. The zero-order valence-electron chi connectivity index (χ0n) is 17.9. The van der Waals surface area contributed by atoms with Crippen LogP contribution in [0.3, 0.4) is 0 Å². The lowest BCUT2D eigenvalue weighted by atomic mass is 9.76. The maximum absolute atomic E-state index is 14.6. The van der Waals surface area contributed by atoms with Gasteiger partial charge in [0.1, 0.15) is 11.6 Å². The molecule has 7 nitrogen and oxygen atoms in total. The number of hydrogen-bond acceptors (Lipinski definition) is 4.